The molecule has 0 aliphatic carbocycles. The zero-order valence-corrected chi connectivity index (χ0v) is 17.4. The second-order valence-electron chi connectivity index (χ2n) is 7.14. The molecule has 3 rings (SSSR count). The van der Waals surface area contributed by atoms with Crippen LogP contribution in [0.3, 0.4) is 0 Å². The summed E-state index contributed by atoms with van der Waals surface area (Å²) in [6.45, 7) is 4.63. The summed E-state index contributed by atoms with van der Waals surface area (Å²) in [6, 6.07) is 15.2. The minimum atomic E-state index is -0.438. The number of piperazine rings is 1. The third kappa shape index (κ3) is 5.64. The van der Waals surface area contributed by atoms with Crippen LogP contribution in [0.4, 0.5) is 5.69 Å². The number of nitrogens with zero attached hydrogens (tertiary/aromatic N) is 1. The number of rotatable bonds is 7. The van der Waals surface area contributed by atoms with E-state index in [0.717, 1.165) is 32.7 Å². The molecule has 2 aromatic carbocycles. The fraction of sp³-hybridized carbons (Fsp3) is 0.364. The molecule has 1 saturated heterocycles. The van der Waals surface area contributed by atoms with E-state index in [2.05, 4.69) is 40.0 Å². The molecule has 30 heavy (non-hydrogen) atoms. The number of quaternary nitrogens is 1. The minimum Gasteiger partial charge on any atom is -0.497 e. The molecule has 0 spiro atoms. The molecule has 8 nitrogen and oxygen atoms in total. The van der Waals surface area contributed by atoms with E-state index in [9.17, 15) is 9.59 Å². The van der Waals surface area contributed by atoms with Gasteiger partial charge in [0.25, 0.3) is 5.91 Å². The van der Waals surface area contributed by atoms with Crippen molar-refractivity contribution in [2.24, 2.45) is 0 Å². The van der Waals surface area contributed by atoms with E-state index in [4.69, 9.17) is 9.47 Å². The van der Waals surface area contributed by atoms with E-state index in [1.165, 1.54) is 24.8 Å². The first-order valence-corrected chi connectivity index (χ1v) is 10.1. The van der Waals surface area contributed by atoms with E-state index in [0.29, 0.717) is 23.5 Å². The van der Waals surface area contributed by atoms with Crippen molar-refractivity contribution < 1.29 is 24.0 Å². The number of amides is 2. The smallest absolute Gasteiger partial charge is 0.273 e. The predicted octanol–water partition coefficient (Wildman–Crippen LogP) is 0.260. The van der Waals surface area contributed by atoms with Crippen LogP contribution in [-0.4, -0.2) is 58.8 Å². The lowest BCUT2D eigenvalue weighted by molar-refractivity contribution is -0.900. The van der Waals surface area contributed by atoms with Gasteiger partial charge in [-0.15, -0.1) is 0 Å². The van der Waals surface area contributed by atoms with Crippen molar-refractivity contribution >= 4 is 17.5 Å². The Morgan fingerprint density at radius 2 is 1.73 bits per heavy atom. The molecule has 3 N–H and O–H groups in total. The van der Waals surface area contributed by atoms with Crippen LogP contribution < -0.4 is 30.1 Å². The number of hydrazine groups is 1. The minimum absolute atomic E-state index is 0.214. The Bertz CT molecular complexity index is 851. The lowest BCUT2D eigenvalue weighted by atomic mass is 10.2. The van der Waals surface area contributed by atoms with Crippen molar-refractivity contribution in [1.29, 1.82) is 0 Å². The van der Waals surface area contributed by atoms with Gasteiger partial charge < -0.3 is 19.3 Å². The van der Waals surface area contributed by atoms with Crippen molar-refractivity contribution in [2.75, 3.05) is 51.8 Å². The molecule has 0 saturated carbocycles. The maximum atomic E-state index is 12.3. The molecule has 160 valence electrons. The molecule has 8 heteroatoms. The lowest BCUT2D eigenvalue weighted by Crippen LogP contribution is -3.15. The molecule has 0 radical (unpaired) electrons. The summed E-state index contributed by atoms with van der Waals surface area (Å²) in [5.41, 5.74) is 6.50. The normalized spacial score (nSPS) is 14.1. The van der Waals surface area contributed by atoms with E-state index in [1.807, 2.05) is 6.07 Å². The fourth-order valence-corrected chi connectivity index (χ4v) is 3.50. The number of methoxy groups -OCH3 is 2. The number of hydrogen-bond acceptors (Lipinski definition) is 5. The van der Waals surface area contributed by atoms with Gasteiger partial charge >= 0.3 is 0 Å². The van der Waals surface area contributed by atoms with Crippen LogP contribution in [-0.2, 0) is 4.79 Å². The molecule has 1 aliphatic heterocycles. The van der Waals surface area contributed by atoms with E-state index < -0.39 is 5.91 Å². The monoisotopic (exact) mass is 413 g/mol. The molecule has 1 heterocycles. The SMILES string of the molecule is COc1ccc(C(=O)NNC(=O)CC[NH+]2CCN(c3ccccc3)CC2)c(OC)c1. The summed E-state index contributed by atoms with van der Waals surface area (Å²) < 4.78 is 10.3. The topological polar surface area (TPSA) is 84.3 Å². The van der Waals surface area contributed by atoms with Gasteiger partial charge in [0.1, 0.15) is 11.5 Å². The first-order valence-electron chi connectivity index (χ1n) is 10.1. The van der Waals surface area contributed by atoms with Gasteiger partial charge in [-0.25, -0.2) is 0 Å². The fourth-order valence-electron chi connectivity index (χ4n) is 3.50. The first kappa shape index (κ1) is 21.4. The average molecular weight is 413 g/mol. The molecule has 2 aromatic rings. The zero-order valence-electron chi connectivity index (χ0n) is 17.4. The van der Waals surface area contributed by atoms with Crippen LogP contribution in [0.5, 0.6) is 11.5 Å². The van der Waals surface area contributed by atoms with Gasteiger partial charge in [0, 0.05) is 11.8 Å². The highest BCUT2D eigenvalue weighted by Gasteiger charge is 2.21. The Hall–Kier alpha value is -3.26. The molecular weight excluding hydrogens is 384 g/mol. The molecule has 0 unspecified atom stereocenters. The van der Waals surface area contributed by atoms with Crippen LogP contribution in [0.1, 0.15) is 16.8 Å². The van der Waals surface area contributed by atoms with Crippen LogP contribution >= 0.6 is 0 Å². The van der Waals surface area contributed by atoms with Gasteiger partial charge in [-0.3, -0.25) is 20.4 Å². The Kier molecular flexibility index (Phi) is 7.51. The van der Waals surface area contributed by atoms with E-state index in [-0.39, 0.29) is 5.91 Å². The molecule has 0 aromatic heterocycles. The van der Waals surface area contributed by atoms with Crippen molar-refractivity contribution in [2.45, 2.75) is 6.42 Å². The third-order valence-electron chi connectivity index (χ3n) is 5.27. The van der Waals surface area contributed by atoms with Gasteiger partial charge in [0.15, 0.2) is 0 Å². The highest BCUT2D eigenvalue weighted by atomic mass is 16.5. The second-order valence-corrected chi connectivity index (χ2v) is 7.14. The van der Waals surface area contributed by atoms with Gasteiger partial charge in [-0.05, 0) is 24.3 Å². The van der Waals surface area contributed by atoms with Gasteiger partial charge in [-0.1, -0.05) is 18.2 Å². The summed E-state index contributed by atoms with van der Waals surface area (Å²) in [6.07, 6.45) is 0.348. The summed E-state index contributed by atoms with van der Waals surface area (Å²) in [5.74, 6) is 0.310. The summed E-state index contributed by atoms with van der Waals surface area (Å²) in [4.78, 5) is 28.3. The number of carbonyl (C=O) groups is 2. The number of para-hydroxylation sites is 1. The third-order valence-corrected chi connectivity index (χ3v) is 5.27. The highest BCUT2D eigenvalue weighted by molar-refractivity contribution is 5.98. The molecule has 0 atom stereocenters. The van der Waals surface area contributed by atoms with E-state index >= 15 is 0 Å². The lowest BCUT2D eigenvalue weighted by Gasteiger charge is -2.33. The Balaban J connectivity index is 1.40. The Labute approximate surface area is 176 Å². The number of carbonyl (C=O) groups excluding carboxylic acids is 2. The van der Waals surface area contributed by atoms with Crippen LogP contribution in [0, 0.1) is 0 Å². The van der Waals surface area contributed by atoms with Gasteiger partial charge in [-0.2, -0.15) is 0 Å². The predicted molar refractivity (Wildman–Crippen MR) is 114 cm³/mol. The number of hydrogen-bond donors (Lipinski definition) is 3. The number of nitrogens with one attached hydrogen (secondary N) is 3. The molecule has 1 aliphatic rings. The highest BCUT2D eigenvalue weighted by Crippen LogP contribution is 2.24. The second kappa shape index (κ2) is 10.5. The van der Waals surface area contributed by atoms with Crippen molar-refractivity contribution in [3.8, 4) is 11.5 Å². The van der Waals surface area contributed by atoms with Gasteiger partial charge in [0.2, 0.25) is 5.91 Å². The summed E-state index contributed by atoms with van der Waals surface area (Å²) in [7, 11) is 3.02. The van der Waals surface area contributed by atoms with Gasteiger partial charge in [0.05, 0.1) is 58.9 Å². The van der Waals surface area contributed by atoms with Crippen molar-refractivity contribution in [3.63, 3.8) is 0 Å². The van der Waals surface area contributed by atoms with Crippen molar-refractivity contribution in [1.82, 2.24) is 10.9 Å². The van der Waals surface area contributed by atoms with Crippen LogP contribution in [0.25, 0.3) is 0 Å². The van der Waals surface area contributed by atoms with E-state index in [1.54, 1.807) is 18.2 Å². The Morgan fingerprint density at radius 3 is 2.40 bits per heavy atom. The zero-order chi connectivity index (χ0) is 21.3. The number of anilines is 1. The van der Waals surface area contributed by atoms with Crippen LogP contribution in [0.15, 0.2) is 48.5 Å². The number of ether oxygens (including phenoxy) is 2. The standard InChI is InChI=1S/C22H28N4O4/c1-29-18-8-9-19(20(16-18)30-2)22(28)24-23-21(27)10-11-25-12-14-26(15-13-25)17-6-4-3-5-7-17/h3-9,16H,10-15H2,1-2H3,(H,23,27)(H,24,28)/p+1. The number of benzene rings is 2. The molecule has 0 bridgehead atoms. The molecule has 1 fully saturated rings. The maximum absolute atomic E-state index is 12.3. The first-order chi connectivity index (χ1) is 14.6. The maximum Gasteiger partial charge on any atom is 0.273 e. The molecule has 2 amide bonds. The summed E-state index contributed by atoms with van der Waals surface area (Å²) >= 11 is 0. The quantitative estimate of drug-likeness (QED) is 0.567. The van der Waals surface area contributed by atoms with Crippen molar-refractivity contribution in [3.05, 3.63) is 54.1 Å². The van der Waals surface area contributed by atoms with Crippen LogP contribution in [0.2, 0.25) is 0 Å². The Morgan fingerprint density at radius 1 is 1.00 bits per heavy atom. The summed E-state index contributed by atoms with van der Waals surface area (Å²) in [5, 5.41) is 0. The largest absolute Gasteiger partial charge is 0.497 e. The molecular formula is C22H29N4O4+. The average Bonchev–Trinajstić information content (AvgIpc) is 2.81.